The Morgan fingerprint density at radius 1 is 1.14 bits per heavy atom. The summed E-state index contributed by atoms with van der Waals surface area (Å²) >= 11 is 0. The zero-order chi connectivity index (χ0) is 9.97. The summed E-state index contributed by atoms with van der Waals surface area (Å²) in [5, 5.41) is 0. The van der Waals surface area contributed by atoms with E-state index in [0.29, 0.717) is 5.56 Å². The van der Waals surface area contributed by atoms with Crippen LogP contribution in [0.5, 0.6) is 0 Å². The fourth-order valence-corrected chi connectivity index (χ4v) is 1.83. The van der Waals surface area contributed by atoms with Gasteiger partial charge in [-0.1, -0.05) is 0 Å². The molecule has 1 aliphatic heterocycles. The van der Waals surface area contributed by atoms with E-state index in [4.69, 9.17) is 0 Å². The van der Waals surface area contributed by atoms with E-state index in [2.05, 4.69) is 11.8 Å². The number of rotatable bonds is 2. The maximum atomic E-state index is 11.0. The first-order valence-electron chi connectivity index (χ1n) is 4.99. The van der Waals surface area contributed by atoms with E-state index < -0.39 is 0 Å². The highest BCUT2D eigenvalue weighted by Gasteiger charge is 2.11. The minimum absolute atomic E-state index is 0.113. The number of carbonyl (C=O) groups is 1. The third-order valence-corrected chi connectivity index (χ3v) is 2.66. The highest BCUT2D eigenvalue weighted by atomic mass is 16.1. The fourth-order valence-electron chi connectivity index (χ4n) is 1.83. The van der Waals surface area contributed by atoms with E-state index in [1.54, 1.807) is 0 Å². The molecule has 0 spiro atoms. The molecule has 0 aliphatic carbocycles. The van der Waals surface area contributed by atoms with Crippen molar-refractivity contribution in [3.8, 4) is 0 Å². The number of hydrogen-bond donors (Lipinski definition) is 0. The third-order valence-electron chi connectivity index (χ3n) is 2.66. The number of anilines is 1. The van der Waals surface area contributed by atoms with Crippen LogP contribution in [0.15, 0.2) is 24.3 Å². The standard InChI is InChI=1S/C12H14NO/c1-10(14)11-4-6-12(7-5-11)13-8-2-3-9-13/h4-7H,1-3,8-9H2. The Morgan fingerprint density at radius 2 is 1.71 bits per heavy atom. The van der Waals surface area contributed by atoms with Gasteiger partial charge in [0, 0.05) is 31.3 Å². The lowest BCUT2D eigenvalue weighted by molar-refractivity contribution is 0.104. The van der Waals surface area contributed by atoms with Gasteiger partial charge in [0.25, 0.3) is 0 Å². The largest absolute Gasteiger partial charge is 0.372 e. The quantitative estimate of drug-likeness (QED) is 0.664. The van der Waals surface area contributed by atoms with Crippen molar-refractivity contribution in [2.45, 2.75) is 12.8 Å². The van der Waals surface area contributed by atoms with Gasteiger partial charge in [0.1, 0.15) is 0 Å². The van der Waals surface area contributed by atoms with Crippen LogP contribution in [0.2, 0.25) is 0 Å². The lowest BCUT2D eigenvalue weighted by atomic mass is 10.1. The van der Waals surface area contributed by atoms with Gasteiger partial charge in [-0.2, -0.15) is 0 Å². The lowest BCUT2D eigenvalue weighted by Gasteiger charge is -2.17. The Morgan fingerprint density at radius 3 is 2.21 bits per heavy atom. The molecule has 2 heteroatoms. The molecule has 0 saturated carbocycles. The van der Waals surface area contributed by atoms with Gasteiger partial charge in [-0.3, -0.25) is 4.79 Å². The SMILES string of the molecule is [CH2]C(=O)c1ccc(N2CCCC2)cc1. The van der Waals surface area contributed by atoms with E-state index in [1.165, 1.54) is 18.5 Å². The van der Waals surface area contributed by atoms with Crippen LogP contribution in [-0.4, -0.2) is 18.9 Å². The normalized spacial score (nSPS) is 15.9. The predicted molar refractivity (Wildman–Crippen MR) is 57.6 cm³/mol. The second kappa shape index (κ2) is 3.82. The smallest absolute Gasteiger partial charge is 0.163 e. The van der Waals surface area contributed by atoms with Gasteiger partial charge in [0.2, 0.25) is 0 Å². The van der Waals surface area contributed by atoms with Crippen molar-refractivity contribution in [2.75, 3.05) is 18.0 Å². The number of ketones is 1. The summed E-state index contributed by atoms with van der Waals surface area (Å²) < 4.78 is 0. The number of Topliss-reactive ketones (excluding diaryl/α,β-unsaturated/α-hetero) is 1. The Bertz CT molecular complexity index is 323. The van der Waals surface area contributed by atoms with Gasteiger partial charge in [-0.05, 0) is 37.1 Å². The molecule has 0 unspecified atom stereocenters. The lowest BCUT2D eigenvalue weighted by Crippen LogP contribution is -2.17. The predicted octanol–water partition coefficient (Wildman–Crippen LogP) is 2.30. The van der Waals surface area contributed by atoms with Crippen molar-refractivity contribution >= 4 is 11.5 Å². The Balaban J connectivity index is 2.16. The Labute approximate surface area is 84.5 Å². The van der Waals surface area contributed by atoms with Crippen molar-refractivity contribution in [3.63, 3.8) is 0 Å². The first-order valence-corrected chi connectivity index (χ1v) is 4.99. The molecule has 1 heterocycles. The van der Waals surface area contributed by atoms with E-state index >= 15 is 0 Å². The van der Waals surface area contributed by atoms with Crippen molar-refractivity contribution < 1.29 is 4.79 Å². The molecule has 0 N–H and O–H groups in total. The van der Waals surface area contributed by atoms with Crippen LogP contribution in [0, 0.1) is 6.92 Å². The second-order valence-corrected chi connectivity index (χ2v) is 3.66. The molecule has 1 radical (unpaired) electrons. The summed E-state index contributed by atoms with van der Waals surface area (Å²) in [5.41, 5.74) is 1.90. The highest BCUT2D eigenvalue weighted by molar-refractivity contribution is 5.99. The summed E-state index contributed by atoms with van der Waals surface area (Å²) in [5.74, 6) is -0.113. The number of carbonyl (C=O) groups excluding carboxylic acids is 1. The molecule has 0 amide bonds. The van der Waals surface area contributed by atoms with E-state index in [-0.39, 0.29) is 5.78 Å². The summed E-state index contributed by atoms with van der Waals surface area (Å²) in [6.07, 6.45) is 2.55. The van der Waals surface area contributed by atoms with Gasteiger partial charge < -0.3 is 4.90 Å². The fraction of sp³-hybridized carbons (Fsp3) is 0.333. The minimum atomic E-state index is -0.113. The van der Waals surface area contributed by atoms with Crippen LogP contribution < -0.4 is 4.90 Å². The molecule has 1 aliphatic rings. The molecule has 2 rings (SSSR count). The first kappa shape index (κ1) is 9.25. The Kier molecular flexibility index (Phi) is 2.53. The molecule has 1 saturated heterocycles. The Hall–Kier alpha value is -1.31. The average Bonchev–Trinajstić information content (AvgIpc) is 2.71. The van der Waals surface area contributed by atoms with Crippen molar-refractivity contribution in [3.05, 3.63) is 36.8 Å². The highest BCUT2D eigenvalue weighted by Crippen LogP contribution is 2.20. The van der Waals surface area contributed by atoms with Crippen molar-refractivity contribution in [2.24, 2.45) is 0 Å². The van der Waals surface area contributed by atoms with Crippen LogP contribution in [0.25, 0.3) is 0 Å². The third kappa shape index (κ3) is 1.79. The van der Waals surface area contributed by atoms with Crippen LogP contribution in [0.1, 0.15) is 23.2 Å². The van der Waals surface area contributed by atoms with Gasteiger partial charge in [-0.15, -0.1) is 0 Å². The molecule has 1 fully saturated rings. The average molecular weight is 188 g/mol. The maximum absolute atomic E-state index is 11.0. The van der Waals surface area contributed by atoms with E-state index in [0.717, 1.165) is 13.1 Å². The van der Waals surface area contributed by atoms with Crippen molar-refractivity contribution in [1.29, 1.82) is 0 Å². The van der Waals surface area contributed by atoms with Gasteiger partial charge >= 0.3 is 0 Å². The molecular weight excluding hydrogens is 174 g/mol. The van der Waals surface area contributed by atoms with Crippen molar-refractivity contribution in [1.82, 2.24) is 0 Å². The topological polar surface area (TPSA) is 20.3 Å². The zero-order valence-corrected chi connectivity index (χ0v) is 8.20. The molecule has 2 nitrogen and oxygen atoms in total. The minimum Gasteiger partial charge on any atom is -0.372 e. The summed E-state index contributed by atoms with van der Waals surface area (Å²) in [6, 6.07) is 7.71. The monoisotopic (exact) mass is 188 g/mol. The van der Waals surface area contributed by atoms with E-state index in [1.807, 2.05) is 24.3 Å². The van der Waals surface area contributed by atoms with E-state index in [9.17, 15) is 4.79 Å². The molecule has 1 aromatic rings. The van der Waals surface area contributed by atoms with Crippen LogP contribution in [-0.2, 0) is 0 Å². The van der Waals surface area contributed by atoms with Crippen LogP contribution in [0.4, 0.5) is 5.69 Å². The second-order valence-electron chi connectivity index (χ2n) is 3.66. The maximum Gasteiger partial charge on any atom is 0.163 e. The summed E-state index contributed by atoms with van der Waals surface area (Å²) in [4.78, 5) is 13.3. The molecule has 1 aromatic carbocycles. The number of benzene rings is 1. The number of hydrogen-bond acceptors (Lipinski definition) is 2. The zero-order valence-electron chi connectivity index (χ0n) is 8.20. The molecular formula is C12H14NO. The molecule has 14 heavy (non-hydrogen) atoms. The van der Waals surface area contributed by atoms with Crippen LogP contribution >= 0.6 is 0 Å². The first-order chi connectivity index (χ1) is 6.77. The molecule has 73 valence electrons. The van der Waals surface area contributed by atoms with Gasteiger partial charge in [-0.25, -0.2) is 0 Å². The number of nitrogens with zero attached hydrogens (tertiary/aromatic N) is 1. The van der Waals surface area contributed by atoms with Crippen LogP contribution in [0.3, 0.4) is 0 Å². The summed E-state index contributed by atoms with van der Waals surface area (Å²) in [7, 11) is 0. The summed E-state index contributed by atoms with van der Waals surface area (Å²) in [6.45, 7) is 5.66. The van der Waals surface area contributed by atoms with Gasteiger partial charge in [0.15, 0.2) is 5.78 Å². The molecule has 0 atom stereocenters. The molecule has 0 aromatic heterocycles. The van der Waals surface area contributed by atoms with Gasteiger partial charge in [0.05, 0.1) is 0 Å². The molecule has 0 bridgehead atoms.